The summed E-state index contributed by atoms with van der Waals surface area (Å²) in [5.74, 6) is -4.10. The predicted octanol–water partition coefficient (Wildman–Crippen LogP) is 1.89. The Balaban J connectivity index is 1.39. The number of aromatic amines is 1. The third kappa shape index (κ3) is 8.16. The number of likely N-dealkylation sites (tertiary alicyclic amines) is 2. The van der Waals surface area contributed by atoms with Crippen LogP contribution in [0, 0.1) is 5.92 Å². The van der Waals surface area contributed by atoms with Gasteiger partial charge in [0, 0.05) is 42.9 Å². The molecule has 260 valence electrons. The molecule has 13 heteroatoms. The molecule has 2 fully saturated rings. The smallest absolute Gasteiger partial charge is 0.326 e. The van der Waals surface area contributed by atoms with Gasteiger partial charge in [0.2, 0.25) is 23.6 Å². The molecule has 0 radical (unpaired) electrons. The zero-order valence-corrected chi connectivity index (χ0v) is 27.8. The first kappa shape index (κ1) is 35.3. The number of carboxylic acid groups (broad SMARTS) is 1. The van der Waals surface area contributed by atoms with Crippen LogP contribution in [-0.4, -0.2) is 92.1 Å². The van der Waals surface area contributed by atoms with Crippen LogP contribution in [0.25, 0.3) is 10.9 Å². The molecule has 0 spiro atoms. The molecule has 2 saturated heterocycles. The summed E-state index contributed by atoms with van der Waals surface area (Å²) >= 11 is 0. The normalized spacial score (nSPS) is 19.6. The molecule has 1 aromatic heterocycles. The number of carboxylic acids is 1. The number of hydrogen-bond donors (Lipinski definition) is 5. The Morgan fingerprint density at radius 2 is 1.61 bits per heavy atom. The van der Waals surface area contributed by atoms with E-state index in [0.717, 1.165) is 21.4 Å². The van der Waals surface area contributed by atoms with Gasteiger partial charge in [0.1, 0.15) is 24.2 Å². The van der Waals surface area contributed by atoms with Gasteiger partial charge >= 0.3 is 5.97 Å². The fraction of sp³-hybridized carbons (Fsp3) is 0.444. The molecule has 3 aromatic rings. The summed E-state index contributed by atoms with van der Waals surface area (Å²) in [5.41, 5.74) is 8.57. The highest BCUT2D eigenvalue weighted by atomic mass is 16.4. The minimum Gasteiger partial charge on any atom is -0.480 e. The van der Waals surface area contributed by atoms with Gasteiger partial charge in [-0.15, -0.1) is 0 Å². The summed E-state index contributed by atoms with van der Waals surface area (Å²) in [6.07, 6.45) is 3.09. The first-order valence-corrected chi connectivity index (χ1v) is 16.8. The number of nitrogens with two attached hydrogens (primary N) is 1. The van der Waals surface area contributed by atoms with Gasteiger partial charge in [0.25, 0.3) is 5.91 Å². The zero-order valence-electron chi connectivity index (χ0n) is 27.8. The molecule has 49 heavy (non-hydrogen) atoms. The molecular formula is C36H44N6O7. The number of imide groups is 1. The van der Waals surface area contributed by atoms with E-state index in [2.05, 4.69) is 15.6 Å². The summed E-state index contributed by atoms with van der Waals surface area (Å²) < 4.78 is 0. The highest BCUT2D eigenvalue weighted by Gasteiger charge is 2.44. The topological polar surface area (TPSA) is 195 Å². The van der Waals surface area contributed by atoms with Gasteiger partial charge in [-0.3, -0.25) is 28.9 Å². The van der Waals surface area contributed by atoms with Crippen molar-refractivity contribution in [3.8, 4) is 0 Å². The second-order valence-corrected chi connectivity index (χ2v) is 13.3. The van der Waals surface area contributed by atoms with Crippen molar-refractivity contribution in [2.75, 3.05) is 6.54 Å². The van der Waals surface area contributed by atoms with E-state index in [1.54, 1.807) is 36.5 Å². The lowest BCUT2D eigenvalue weighted by molar-refractivity contribution is -0.155. The number of H-pyrrole nitrogens is 1. The van der Waals surface area contributed by atoms with Crippen molar-refractivity contribution in [3.05, 3.63) is 71.9 Å². The molecular weight excluding hydrogens is 628 g/mol. The predicted molar refractivity (Wildman–Crippen MR) is 181 cm³/mol. The molecule has 3 heterocycles. The highest BCUT2D eigenvalue weighted by molar-refractivity contribution is 6.05. The van der Waals surface area contributed by atoms with Gasteiger partial charge in [-0.2, -0.15) is 0 Å². The monoisotopic (exact) mass is 672 g/mol. The number of benzene rings is 2. The minimum absolute atomic E-state index is 0.00911. The van der Waals surface area contributed by atoms with Gasteiger partial charge in [0.15, 0.2) is 0 Å². The Kier molecular flexibility index (Phi) is 11.1. The number of carbonyl (C=O) groups excluding carboxylic acids is 5. The van der Waals surface area contributed by atoms with E-state index in [0.29, 0.717) is 24.8 Å². The molecule has 5 amide bonds. The number of aromatic nitrogens is 1. The lowest BCUT2D eigenvalue weighted by Crippen LogP contribution is -2.59. The molecule has 2 aliphatic rings. The molecule has 2 aromatic carbocycles. The fourth-order valence-corrected chi connectivity index (χ4v) is 6.80. The summed E-state index contributed by atoms with van der Waals surface area (Å²) in [7, 11) is 0. The molecule has 0 saturated carbocycles. The second-order valence-electron chi connectivity index (χ2n) is 13.3. The maximum Gasteiger partial charge on any atom is 0.326 e. The van der Waals surface area contributed by atoms with E-state index in [9.17, 15) is 33.9 Å². The maximum atomic E-state index is 14.3. The number of para-hydroxylation sites is 1. The molecule has 0 unspecified atom stereocenters. The van der Waals surface area contributed by atoms with Crippen LogP contribution in [0.4, 0.5) is 0 Å². The third-order valence-corrected chi connectivity index (χ3v) is 9.25. The largest absolute Gasteiger partial charge is 0.480 e. The van der Waals surface area contributed by atoms with Crippen LogP contribution in [0.3, 0.4) is 0 Å². The van der Waals surface area contributed by atoms with Gasteiger partial charge < -0.3 is 31.4 Å². The Morgan fingerprint density at radius 1 is 0.918 bits per heavy atom. The van der Waals surface area contributed by atoms with Crippen LogP contribution in [0.5, 0.6) is 0 Å². The number of aliphatic carboxylic acids is 1. The quantitative estimate of drug-likeness (QED) is 0.182. The lowest BCUT2D eigenvalue weighted by atomic mass is 10.0. The SMILES string of the molecule is CC(C)C[C@H](N)C(=O)N[C@@H](Cc1c[nH]c2ccccc12)C(=O)N1CCC[C@@H]1C(=O)N[C@@H](Cc1ccccc1)C(=O)N1C(=O)CC[C@H]1C(=O)O. The average Bonchev–Trinajstić information content (AvgIpc) is 3.82. The molecule has 13 nitrogen and oxygen atoms in total. The summed E-state index contributed by atoms with van der Waals surface area (Å²) in [5, 5.41) is 16.2. The molecule has 0 bridgehead atoms. The number of rotatable bonds is 13. The van der Waals surface area contributed by atoms with Crippen LogP contribution in [0.2, 0.25) is 0 Å². The number of carbonyl (C=O) groups is 6. The minimum atomic E-state index is -1.32. The number of fused-ring (bicyclic) bond motifs is 1. The van der Waals surface area contributed by atoms with Crippen molar-refractivity contribution in [2.24, 2.45) is 11.7 Å². The van der Waals surface area contributed by atoms with Crippen LogP contribution in [0.1, 0.15) is 57.1 Å². The third-order valence-electron chi connectivity index (χ3n) is 9.25. The van der Waals surface area contributed by atoms with Crippen molar-refractivity contribution < 1.29 is 33.9 Å². The van der Waals surface area contributed by atoms with E-state index in [-0.39, 0.29) is 38.1 Å². The van der Waals surface area contributed by atoms with Gasteiger partial charge in [-0.05, 0) is 48.8 Å². The van der Waals surface area contributed by atoms with Crippen molar-refractivity contribution in [3.63, 3.8) is 0 Å². The van der Waals surface area contributed by atoms with E-state index < -0.39 is 65.7 Å². The Hall–Kier alpha value is -5.04. The van der Waals surface area contributed by atoms with Crippen LogP contribution in [0.15, 0.2) is 60.8 Å². The number of hydrogen-bond acceptors (Lipinski definition) is 7. The first-order valence-electron chi connectivity index (χ1n) is 16.8. The molecule has 0 aliphatic carbocycles. The van der Waals surface area contributed by atoms with E-state index in [1.807, 2.05) is 38.1 Å². The Morgan fingerprint density at radius 3 is 2.33 bits per heavy atom. The summed E-state index contributed by atoms with van der Waals surface area (Å²) in [6, 6.07) is 11.1. The van der Waals surface area contributed by atoms with E-state index in [4.69, 9.17) is 5.73 Å². The fourth-order valence-electron chi connectivity index (χ4n) is 6.80. The Bertz CT molecular complexity index is 1710. The van der Waals surface area contributed by atoms with Gasteiger partial charge in [0.05, 0.1) is 6.04 Å². The molecule has 5 atom stereocenters. The number of nitrogens with one attached hydrogen (secondary N) is 3. The first-order chi connectivity index (χ1) is 23.4. The average molecular weight is 673 g/mol. The second kappa shape index (κ2) is 15.5. The van der Waals surface area contributed by atoms with Crippen molar-refractivity contribution in [1.29, 1.82) is 0 Å². The van der Waals surface area contributed by atoms with E-state index in [1.165, 1.54) is 4.90 Å². The van der Waals surface area contributed by atoms with E-state index >= 15 is 0 Å². The summed E-state index contributed by atoms with van der Waals surface area (Å²) in [4.78, 5) is 85.2. The van der Waals surface area contributed by atoms with Gasteiger partial charge in [-0.25, -0.2) is 4.79 Å². The molecule has 2 aliphatic heterocycles. The lowest BCUT2D eigenvalue weighted by Gasteiger charge is -2.31. The molecule has 6 N–H and O–H groups in total. The van der Waals surface area contributed by atoms with Crippen LogP contribution < -0.4 is 16.4 Å². The highest BCUT2D eigenvalue weighted by Crippen LogP contribution is 2.25. The Labute approximate surface area is 284 Å². The number of nitrogens with zero attached hydrogens (tertiary/aromatic N) is 2. The van der Waals surface area contributed by atoms with Crippen LogP contribution >= 0.6 is 0 Å². The van der Waals surface area contributed by atoms with Crippen molar-refractivity contribution in [1.82, 2.24) is 25.4 Å². The van der Waals surface area contributed by atoms with Gasteiger partial charge in [-0.1, -0.05) is 62.4 Å². The van der Waals surface area contributed by atoms with Crippen molar-refractivity contribution >= 4 is 46.4 Å². The maximum absolute atomic E-state index is 14.3. The standard InChI is InChI=1S/C36H44N6O7/c1-21(2)17-25(37)32(44)39-28(19-23-20-38-26-12-7-6-11-24(23)26)34(46)41-16-8-13-29(41)33(45)40-27(18-22-9-4-3-5-10-22)35(47)42-30(36(48)49)14-15-31(42)43/h3-7,9-12,20-21,25,27-30,38H,8,13-19,37H2,1-2H3,(H,39,44)(H,40,45)(H,48,49)/t25-,27-,28-,29+,30-/m0/s1. The molecule has 5 rings (SSSR count). The van der Waals surface area contributed by atoms with Crippen LogP contribution in [-0.2, 0) is 41.6 Å². The summed E-state index contributed by atoms with van der Waals surface area (Å²) in [6.45, 7) is 4.15. The number of amides is 5. The van der Waals surface area contributed by atoms with Crippen molar-refractivity contribution in [2.45, 2.75) is 89.0 Å². The zero-order chi connectivity index (χ0) is 35.2.